The summed E-state index contributed by atoms with van der Waals surface area (Å²) < 4.78 is 5.31. The summed E-state index contributed by atoms with van der Waals surface area (Å²) in [6.45, 7) is 5.23. The highest BCUT2D eigenvalue weighted by atomic mass is 16.5. The van der Waals surface area contributed by atoms with Crippen molar-refractivity contribution in [3.8, 4) is 0 Å². The summed E-state index contributed by atoms with van der Waals surface area (Å²) in [5.41, 5.74) is 0. The zero-order valence-electron chi connectivity index (χ0n) is 10.0. The Balaban J connectivity index is 1.75. The van der Waals surface area contributed by atoms with Crippen LogP contribution in [-0.4, -0.2) is 72.4 Å². The van der Waals surface area contributed by atoms with Gasteiger partial charge in [0.15, 0.2) is 0 Å². The fourth-order valence-corrected chi connectivity index (χ4v) is 3.54. The van der Waals surface area contributed by atoms with E-state index in [9.17, 15) is 9.90 Å². The maximum absolute atomic E-state index is 11.3. The van der Waals surface area contributed by atoms with Gasteiger partial charge in [-0.15, -0.1) is 0 Å². The minimum atomic E-state index is -0.735. The van der Waals surface area contributed by atoms with Crippen molar-refractivity contribution in [2.75, 3.05) is 39.4 Å². The SMILES string of the molecule is O=C(O)C1COCCN1C1CN2CCC1CC2. The maximum atomic E-state index is 11.3. The molecule has 4 fully saturated rings. The maximum Gasteiger partial charge on any atom is 0.323 e. The second kappa shape index (κ2) is 4.55. The lowest BCUT2D eigenvalue weighted by molar-refractivity contribution is -0.155. The van der Waals surface area contributed by atoms with Gasteiger partial charge < -0.3 is 14.7 Å². The number of rotatable bonds is 2. The summed E-state index contributed by atoms with van der Waals surface area (Å²) in [5, 5.41) is 9.27. The van der Waals surface area contributed by atoms with Crippen molar-refractivity contribution in [1.29, 1.82) is 0 Å². The first-order valence-electron chi connectivity index (χ1n) is 6.54. The molecule has 0 aromatic carbocycles. The van der Waals surface area contributed by atoms with Crippen LogP contribution >= 0.6 is 0 Å². The van der Waals surface area contributed by atoms with Crippen LogP contribution in [0, 0.1) is 5.92 Å². The number of nitrogens with zero attached hydrogens (tertiary/aromatic N) is 2. The van der Waals surface area contributed by atoms with Gasteiger partial charge in [0.25, 0.3) is 0 Å². The largest absolute Gasteiger partial charge is 0.480 e. The molecular formula is C12H20N2O3. The molecule has 4 aliphatic rings. The molecule has 4 aliphatic heterocycles. The Morgan fingerprint density at radius 3 is 2.59 bits per heavy atom. The van der Waals surface area contributed by atoms with E-state index >= 15 is 0 Å². The van der Waals surface area contributed by atoms with Crippen LogP contribution in [0.5, 0.6) is 0 Å². The van der Waals surface area contributed by atoms with Crippen molar-refractivity contribution in [1.82, 2.24) is 9.80 Å². The van der Waals surface area contributed by atoms with Gasteiger partial charge in [-0.1, -0.05) is 0 Å². The molecule has 0 aliphatic carbocycles. The molecule has 2 atom stereocenters. The van der Waals surface area contributed by atoms with Gasteiger partial charge in [-0.3, -0.25) is 9.69 Å². The van der Waals surface area contributed by atoms with Crippen molar-refractivity contribution in [3.63, 3.8) is 0 Å². The molecule has 0 aromatic rings. The van der Waals surface area contributed by atoms with E-state index in [4.69, 9.17) is 4.74 Å². The second-order valence-electron chi connectivity index (χ2n) is 5.37. The lowest BCUT2D eigenvalue weighted by Crippen LogP contribution is -2.63. The third kappa shape index (κ3) is 2.07. The van der Waals surface area contributed by atoms with Gasteiger partial charge in [0.1, 0.15) is 6.04 Å². The average molecular weight is 240 g/mol. The predicted molar refractivity (Wildman–Crippen MR) is 61.9 cm³/mol. The van der Waals surface area contributed by atoms with E-state index in [-0.39, 0.29) is 0 Å². The Kier molecular flexibility index (Phi) is 3.06. The van der Waals surface area contributed by atoms with Crippen LogP contribution in [-0.2, 0) is 9.53 Å². The number of carboxylic acid groups (broad SMARTS) is 1. The van der Waals surface area contributed by atoms with Gasteiger partial charge in [-0.25, -0.2) is 0 Å². The molecule has 0 radical (unpaired) electrons. The fraction of sp³-hybridized carbons (Fsp3) is 0.917. The normalized spacial score (nSPS) is 42.6. The molecule has 0 spiro atoms. The first-order valence-corrected chi connectivity index (χ1v) is 6.54. The van der Waals surface area contributed by atoms with E-state index in [0.717, 1.165) is 13.1 Å². The highest BCUT2D eigenvalue weighted by molar-refractivity contribution is 5.73. The van der Waals surface area contributed by atoms with Crippen molar-refractivity contribution in [3.05, 3.63) is 0 Å². The number of piperidine rings is 3. The summed E-state index contributed by atoms with van der Waals surface area (Å²) in [6.07, 6.45) is 2.46. The predicted octanol–water partition coefficient (Wildman–Crippen LogP) is -0.134. The van der Waals surface area contributed by atoms with E-state index in [1.807, 2.05) is 0 Å². The number of ether oxygens (including phenoxy) is 1. The van der Waals surface area contributed by atoms with E-state index in [1.165, 1.54) is 25.9 Å². The number of fused-ring (bicyclic) bond motifs is 3. The summed E-state index contributed by atoms with van der Waals surface area (Å²) in [4.78, 5) is 15.9. The van der Waals surface area contributed by atoms with E-state index < -0.39 is 12.0 Å². The molecule has 4 heterocycles. The second-order valence-corrected chi connectivity index (χ2v) is 5.37. The lowest BCUT2D eigenvalue weighted by Gasteiger charge is -2.51. The van der Waals surface area contributed by atoms with E-state index in [2.05, 4.69) is 9.80 Å². The number of carbonyl (C=O) groups is 1. The first-order chi connectivity index (χ1) is 8.25. The van der Waals surface area contributed by atoms with Crippen molar-refractivity contribution in [2.24, 2.45) is 5.92 Å². The molecule has 0 aromatic heterocycles. The van der Waals surface area contributed by atoms with Crippen LogP contribution in [0.4, 0.5) is 0 Å². The third-order valence-electron chi connectivity index (χ3n) is 4.50. The molecule has 17 heavy (non-hydrogen) atoms. The molecule has 0 saturated carbocycles. The Morgan fingerprint density at radius 2 is 2.00 bits per heavy atom. The number of hydrogen-bond acceptors (Lipinski definition) is 4. The summed E-state index contributed by atoms with van der Waals surface area (Å²) in [7, 11) is 0. The van der Waals surface area contributed by atoms with E-state index in [1.54, 1.807) is 0 Å². The highest BCUT2D eigenvalue weighted by Crippen LogP contribution is 2.32. The standard InChI is InChI=1S/C12H20N2O3/c15-12(16)11-8-17-6-5-14(11)10-7-13-3-1-9(10)2-4-13/h9-11H,1-8H2,(H,15,16). The number of hydrogen-bond donors (Lipinski definition) is 1. The zero-order chi connectivity index (χ0) is 11.8. The number of carboxylic acids is 1. The minimum absolute atomic E-state index is 0.346. The molecule has 4 rings (SSSR count). The Hall–Kier alpha value is -0.650. The smallest absolute Gasteiger partial charge is 0.323 e. The van der Waals surface area contributed by atoms with Crippen LogP contribution in [0.25, 0.3) is 0 Å². The van der Waals surface area contributed by atoms with Gasteiger partial charge in [-0.2, -0.15) is 0 Å². The third-order valence-corrected chi connectivity index (χ3v) is 4.50. The van der Waals surface area contributed by atoms with Crippen LogP contribution in [0.2, 0.25) is 0 Å². The molecular weight excluding hydrogens is 220 g/mol. The van der Waals surface area contributed by atoms with Crippen molar-refractivity contribution < 1.29 is 14.6 Å². The Morgan fingerprint density at radius 1 is 1.24 bits per heavy atom. The first kappa shape index (κ1) is 11.4. The Labute approximate surface area is 101 Å². The fourth-order valence-electron chi connectivity index (χ4n) is 3.54. The van der Waals surface area contributed by atoms with Gasteiger partial charge in [0.05, 0.1) is 13.2 Å². The molecule has 5 heteroatoms. The molecule has 96 valence electrons. The van der Waals surface area contributed by atoms with Crippen molar-refractivity contribution >= 4 is 5.97 Å². The van der Waals surface area contributed by atoms with Gasteiger partial charge in [-0.05, 0) is 31.8 Å². The van der Waals surface area contributed by atoms with Crippen LogP contribution in [0.15, 0.2) is 0 Å². The quantitative estimate of drug-likeness (QED) is 0.728. The van der Waals surface area contributed by atoms with E-state index in [0.29, 0.717) is 25.2 Å². The molecule has 2 unspecified atom stereocenters. The zero-order valence-corrected chi connectivity index (χ0v) is 10.0. The highest BCUT2D eigenvalue weighted by Gasteiger charge is 2.42. The van der Waals surface area contributed by atoms with Crippen LogP contribution < -0.4 is 0 Å². The molecule has 0 amide bonds. The van der Waals surface area contributed by atoms with Gasteiger partial charge in [0, 0.05) is 19.1 Å². The molecule has 1 N–H and O–H groups in total. The summed E-state index contributed by atoms with van der Waals surface area (Å²) in [5.74, 6) is -0.0407. The van der Waals surface area contributed by atoms with Crippen molar-refractivity contribution in [2.45, 2.75) is 24.9 Å². The number of aliphatic carboxylic acids is 1. The molecule has 2 bridgehead atoms. The average Bonchev–Trinajstić information content (AvgIpc) is 2.40. The van der Waals surface area contributed by atoms with Gasteiger partial charge in [0.2, 0.25) is 0 Å². The molecule has 4 saturated heterocycles. The lowest BCUT2D eigenvalue weighted by atomic mass is 9.82. The molecule has 5 nitrogen and oxygen atoms in total. The van der Waals surface area contributed by atoms with Gasteiger partial charge >= 0.3 is 5.97 Å². The minimum Gasteiger partial charge on any atom is -0.480 e. The monoisotopic (exact) mass is 240 g/mol. The Bertz CT molecular complexity index is 302. The van der Waals surface area contributed by atoms with Crippen LogP contribution in [0.1, 0.15) is 12.8 Å². The topological polar surface area (TPSA) is 53.0 Å². The van der Waals surface area contributed by atoms with Crippen LogP contribution in [0.3, 0.4) is 0 Å². The number of morpholine rings is 1. The summed E-state index contributed by atoms with van der Waals surface area (Å²) in [6, 6.07) is -0.00296. The summed E-state index contributed by atoms with van der Waals surface area (Å²) >= 11 is 0.